The highest BCUT2D eigenvalue weighted by Gasteiger charge is 2.31. The molecular weight excluding hydrogens is 590 g/mol. The summed E-state index contributed by atoms with van der Waals surface area (Å²) in [4.78, 5) is 59.6. The number of amides is 3. The number of benzene rings is 1. The second-order valence-corrected chi connectivity index (χ2v) is 12.7. The zero-order valence-electron chi connectivity index (χ0n) is 26.7. The van der Waals surface area contributed by atoms with Gasteiger partial charge >= 0.3 is 5.97 Å². The molecule has 1 aromatic carbocycles. The van der Waals surface area contributed by atoms with E-state index in [0.717, 1.165) is 18.5 Å². The maximum absolute atomic E-state index is 13.6. The molecule has 0 bridgehead atoms. The number of aryl methyl sites for hydroxylation is 1. The van der Waals surface area contributed by atoms with Crippen LogP contribution < -0.4 is 15.5 Å². The molecule has 2 unspecified atom stereocenters. The van der Waals surface area contributed by atoms with Gasteiger partial charge in [0.1, 0.15) is 11.8 Å². The molecule has 2 atom stereocenters. The molecule has 2 aliphatic rings. The van der Waals surface area contributed by atoms with E-state index in [9.17, 15) is 24.3 Å². The highest BCUT2D eigenvalue weighted by Crippen LogP contribution is 2.31. The number of carbonyl (C=O) groups is 4. The third-order valence-corrected chi connectivity index (χ3v) is 8.30. The van der Waals surface area contributed by atoms with Gasteiger partial charge in [-0.25, -0.2) is 0 Å². The van der Waals surface area contributed by atoms with Crippen LogP contribution in [0.3, 0.4) is 0 Å². The van der Waals surface area contributed by atoms with Gasteiger partial charge < -0.3 is 30.3 Å². The van der Waals surface area contributed by atoms with Crippen LogP contribution in [0.15, 0.2) is 48.8 Å². The van der Waals surface area contributed by atoms with E-state index >= 15 is 0 Å². The van der Waals surface area contributed by atoms with Crippen molar-refractivity contribution in [3.8, 4) is 0 Å². The van der Waals surface area contributed by atoms with Crippen LogP contribution in [0.25, 0.3) is 0 Å². The van der Waals surface area contributed by atoms with Gasteiger partial charge in [0.15, 0.2) is 0 Å². The Morgan fingerprint density at radius 3 is 2.43 bits per heavy atom. The van der Waals surface area contributed by atoms with Crippen LogP contribution in [-0.2, 0) is 26.8 Å². The van der Waals surface area contributed by atoms with E-state index < -0.39 is 23.8 Å². The van der Waals surface area contributed by atoms with Gasteiger partial charge in [-0.1, -0.05) is 26.8 Å². The largest absolute Gasteiger partial charge is 0.481 e. The minimum Gasteiger partial charge on any atom is -0.481 e. The van der Waals surface area contributed by atoms with Gasteiger partial charge in [-0.15, -0.1) is 0 Å². The molecule has 5 rings (SSSR count). The Labute approximate surface area is 267 Å². The lowest BCUT2D eigenvalue weighted by Gasteiger charge is -2.37. The van der Waals surface area contributed by atoms with Crippen LogP contribution in [-0.4, -0.2) is 87.4 Å². The van der Waals surface area contributed by atoms with Gasteiger partial charge in [0.2, 0.25) is 0 Å². The van der Waals surface area contributed by atoms with Gasteiger partial charge in [0, 0.05) is 63.2 Å². The van der Waals surface area contributed by atoms with E-state index in [1.165, 1.54) is 10.9 Å². The van der Waals surface area contributed by atoms with Crippen molar-refractivity contribution in [3.63, 3.8) is 0 Å². The molecule has 0 spiro atoms. The zero-order chi connectivity index (χ0) is 33.0. The molecule has 3 aromatic rings. The predicted octanol–water partition coefficient (Wildman–Crippen LogP) is 3.14. The number of aromatic nitrogens is 3. The highest BCUT2D eigenvalue weighted by atomic mass is 16.5. The second-order valence-electron chi connectivity index (χ2n) is 12.7. The third kappa shape index (κ3) is 7.53. The van der Waals surface area contributed by atoms with E-state index in [1.807, 2.05) is 25.7 Å². The quantitative estimate of drug-likeness (QED) is 0.323. The average Bonchev–Trinajstić information content (AvgIpc) is 3.71. The number of piperazine rings is 1. The Morgan fingerprint density at radius 2 is 1.83 bits per heavy atom. The number of ether oxygens (including phenoxy) is 1. The number of anilines is 2. The molecule has 2 fully saturated rings. The number of aliphatic carboxylic acids is 1. The Hall–Kier alpha value is -4.78. The first-order chi connectivity index (χ1) is 21.9. The van der Waals surface area contributed by atoms with Crippen molar-refractivity contribution in [2.24, 2.45) is 7.05 Å². The van der Waals surface area contributed by atoms with Gasteiger partial charge in [0.05, 0.1) is 29.5 Å². The van der Waals surface area contributed by atoms with Crippen LogP contribution >= 0.6 is 0 Å². The Morgan fingerprint density at radius 1 is 1.07 bits per heavy atom. The fourth-order valence-corrected chi connectivity index (χ4v) is 5.68. The Kier molecular flexibility index (Phi) is 9.71. The van der Waals surface area contributed by atoms with E-state index in [-0.39, 0.29) is 29.4 Å². The van der Waals surface area contributed by atoms with Gasteiger partial charge in [-0.05, 0) is 48.7 Å². The maximum Gasteiger partial charge on any atom is 0.305 e. The molecule has 46 heavy (non-hydrogen) atoms. The summed E-state index contributed by atoms with van der Waals surface area (Å²) in [6.07, 6.45) is 4.00. The predicted molar refractivity (Wildman–Crippen MR) is 171 cm³/mol. The number of carboxylic acid groups (broad SMARTS) is 1. The smallest absolute Gasteiger partial charge is 0.305 e. The molecule has 4 heterocycles. The fourth-order valence-electron chi connectivity index (χ4n) is 5.68. The molecule has 0 saturated carbocycles. The standard InChI is InChI=1S/C33H41N7O6/c1-33(2,3)28-19-26(38(4)37-28)31(44)36-24-17-21(30(43)35-23(18-29(41)42)22-7-5-11-34-20-22)9-10-25(24)39-12-14-40(15-13-39)32(45)27-8-6-16-46-27/h5,7,9-11,17,19-20,23,27H,6,8,12-16,18H2,1-4H3,(H,35,43)(H,36,44)(H,41,42). The molecule has 244 valence electrons. The molecule has 2 aromatic heterocycles. The van der Waals surface area contributed by atoms with E-state index in [0.29, 0.717) is 55.4 Å². The molecule has 0 radical (unpaired) electrons. The maximum atomic E-state index is 13.6. The van der Waals surface area contributed by atoms with Crippen LogP contribution in [0.5, 0.6) is 0 Å². The van der Waals surface area contributed by atoms with E-state index in [4.69, 9.17) is 4.74 Å². The number of pyridine rings is 1. The lowest BCUT2D eigenvalue weighted by atomic mass is 9.92. The van der Waals surface area contributed by atoms with Crippen molar-refractivity contribution < 1.29 is 29.0 Å². The fraction of sp³-hybridized carbons (Fsp3) is 0.455. The zero-order valence-corrected chi connectivity index (χ0v) is 26.7. The van der Waals surface area contributed by atoms with Crippen molar-refractivity contribution in [1.82, 2.24) is 25.0 Å². The van der Waals surface area contributed by atoms with Gasteiger partial charge in [-0.3, -0.25) is 28.8 Å². The molecule has 2 aliphatic heterocycles. The van der Waals surface area contributed by atoms with E-state index in [1.54, 1.807) is 49.6 Å². The summed E-state index contributed by atoms with van der Waals surface area (Å²) in [5, 5.41) is 19.8. The molecule has 13 heteroatoms. The SMILES string of the molecule is Cn1nc(C(C)(C)C)cc1C(=O)Nc1cc(C(=O)NC(CC(=O)O)c2cccnc2)ccc1N1CCN(C(=O)C2CCCO2)CC1. The van der Waals surface area contributed by atoms with Crippen LogP contribution in [0.1, 0.15) is 78.2 Å². The lowest BCUT2D eigenvalue weighted by Crippen LogP contribution is -2.51. The Bertz CT molecular complexity index is 1590. The first kappa shape index (κ1) is 32.6. The summed E-state index contributed by atoms with van der Waals surface area (Å²) in [7, 11) is 1.71. The number of rotatable bonds is 9. The summed E-state index contributed by atoms with van der Waals surface area (Å²) >= 11 is 0. The number of nitrogens with one attached hydrogen (secondary N) is 2. The number of nitrogens with zero attached hydrogens (tertiary/aromatic N) is 5. The second kappa shape index (κ2) is 13.7. The topological polar surface area (TPSA) is 159 Å². The molecule has 13 nitrogen and oxygen atoms in total. The first-order valence-corrected chi connectivity index (χ1v) is 15.5. The van der Waals surface area contributed by atoms with Crippen LogP contribution in [0.4, 0.5) is 11.4 Å². The van der Waals surface area contributed by atoms with Crippen molar-refractivity contribution in [3.05, 3.63) is 71.3 Å². The average molecular weight is 632 g/mol. The van der Waals surface area contributed by atoms with Crippen LogP contribution in [0.2, 0.25) is 0 Å². The molecular formula is C33H41N7O6. The molecule has 3 amide bonds. The van der Waals surface area contributed by atoms with Crippen molar-refractivity contribution in [2.45, 2.75) is 57.6 Å². The number of carboxylic acids is 1. The third-order valence-electron chi connectivity index (χ3n) is 8.30. The summed E-state index contributed by atoms with van der Waals surface area (Å²) in [5.41, 5.74) is 2.76. The summed E-state index contributed by atoms with van der Waals surface area (Å²) in [5.74, 6) is -1.95. The summed E-state index contributed by atoms with van der Waals surface area (Å²) < 4.78 is 7.13. The van der Waals surface area contributed by atoms with Crippen molar-refractivity contribution in [1.29, 1.82) is 0 Å². The molecule has 0 aliphatic carbocycles. The molecule has 3 N–H and O–H groups in total. The normalized spacial score (nSPS) is 17.4. The Balaban J connectivity index is 1.41. The summed E-state index contributed by atoms with van der Waals surface area (Å²) in [6.45, 7) is 8.69. The van der Waals surface area contributed by atoms with Crippen LogP contribution in [0, 0.1) is 0 Å². The first-order valence-electron chi connectivity index (χ1n) is 15.5. The summed E-state index contributed by atoms with van der Waals surface area (Å²) in [6, 6.07) is 9.33. The van der Waals surface area contributed by atoms with E-state index in [2.05, 4.69) is 25.6 Å². The van der Waals surface area contributed by atoms with Crippen molar-refractivity contribution >= 4 is 35.1 Å². The minimum absolute atomic E-state index is 0.00749. The molecule has 2 saturated heterocycles. The number of carbonyl (C=O) groups excluding carboxylic acids is 3. The lowest BCUT2D eigenvalue weighted by molar-refractivity contribution is -0.141. The number of hydrogen-bond donors (Lipinski definition) is 3. The highest BCUT2D eigenvalue weighted by molar-refractivity contribution is 6.06. The van der Waals surface area contributed by atoms with Gasteiger partial charge in [0.25, 0.3) is 17.7 Å². The number of hydrogen-bond acceptors (Lipinski definition) is 8. The van der Waals surface area contributed by atoms with Gasteiger partial charge in [-0.2, -0.15) is 5.10 Å². The minimum atomic E-state index is -1.07. The van der Waals surface area contributed by atoms with Crippen molar-refractivity contribution in [2.75, 3.05) is 43.0 Å². The monoisotopic (exact) mass is 631 g/mol.